The molecule has 0 aliphatic carbocycles. The quantitative estimate of drug-likeness (QED) is 0.858. The number of benzene rings is 2. The van der Waals surface area contributed by atoms with Gasteiger partial charge in [-0.25, -0.2) is 0 Å². The van der Waals surface area contributed by atoms with E-state index in [2.05, 4.69) is 0 Å². The summed E-state index contributed by atoms with van der Waals surface area (Å²) in [6.07, 6.45) is -0.680. The Morgan fingerprint density at radius 3 is 2.48 bits per heavy atom. The van der Waals surface area contributed by atoms with Crippen molar-refractivity contribution in [2.45, 2.75) is 18.9 Å². The Kier molecular flexibility index (Phi) is 4.96. The molecule has 7 heteroatoms. The molecule has 3 atom stereocenters. The first-order valence-electron chi connectivity index (χ1n) is 9.58. The van der Waals surface area contributed by atoms with Crippen LogP contribution in [-0.2, 0) is 14.4 Å². The van der Waals surface area contributed by atoms with E-state index in [1.807, 2.05) is 36.4 Å². The van der Waals surface area contributed by atoms with Gasteiger partial charge in [-0.2, -0.15) is 0 Å². The maximum absolute atomic E-state index is 13.0. The van der Waals surface area contributed by atoms with Crippen LogP contribution in [0.15, 0.2) is 54.6 Å². The van der Waals surface area contributed by atoms with Crippen molar-refractivity contribution >= 4 is 23.5 Å². The summed E-state index contributed by atoms with van der Waals surface area (Å²) in [6.45, 7) is 1.95. The fraction of sp³-hybridized carbons (Fsp3) is 0.318. The van der Waals surface area contributed by atoms with Crippen molar-refractivity contribution in [3.8, 4) is 5.75 Å². The number of fused-ring (bicyclic) bond motifs is 1. The zero-order valence-electron chi connectivity index (χ0n) is 16.0. The molecule has 0 aromatic heterocycles. The predicted octanol–water partition coefficient (Wildman–Crippen LogP) is 2.13. The largest absolute Gasteiger partial charge is 0.481 e. The Labute approximate surface area is 168 Å². The molecule has 1 fully saturated rings. The number of nitrogens with zero attached hydrogens (tertiary/aromatic N) is 2. The van der Waals surface area contributed by atoms with Crippen LogP contribution < -0.4 is 9.64 Å². The molecule has 4 rings (SSSR count). The van der Waals surface area contributed by atoms with E-state index in [1.54, 1.807) is 30.0 Å². The number of carbonyl (C=O) groups excluding carboxylic acids is 2. The molecule has 2 aliphatic rings. The molecule has 0 radical (unpaired) electrons. The molecular weight excluding hydrogens is 372 g/mol. The first-order valence-corrected chi connectivity index (χ1v) is 9.58. The second-order valence-electron chi connectivity index (χ2n) is 7.41. The minimum absolute atomic E-state index is 0.128. The number of para-hydroxylation sites is 2. The highest BCUT2D eigenvalue weighted by Gasteiger charge is 2.41. The number of carboxylic acid groups (broad SMARTS) is 1. The van der Waals surface area contributed by atoms with Crippen molar-refractivity contribution in [1.29, 1.82) is 0 Å². The van der Waals surface area contributed by atoms with Crippen molar-refractivity contribution in [3.63, 3.8) is 0 Å². The van der Waals surface area contributed by atoms with Crippen LogP contribution in [0.4, 0.5) is 5.69 Å². The Bertz CT molecular complexity index is 945. The van der Waals surface area contributed by atoms with E-state index < -0.39 is 18.0 Å². The van der Waals surface area contributed by atoms with Gasteiger partial charge in [0, 0.05) is 19.0 Å². The van der Waals surface area contributed by atoms with Gasteiger partial charge in [0.15, 0.2) is 6.10 Å². The Morgan fingerprint density at radius 2 is 1.76 bits per heavy atom. The van der Waals surface area contributed by atoms with Crippen molar-refractivity contribution in [1.82, 2.24) is 4.90 Å². The van der Waals surface area contributed by atoms with Crippen LogP contribution in [0.2, 0.25) is 0 Å². The fourth-order valence-corrected chi connectivity index (χ4v) is 4.05. The summed E-state index contributed by atoms with van der Waals surface area (Å²) >= 11 is 0. The molecule has 2 aromatic carbocycles. The molecule has 2 aliphatic heterocycles. The maximum atomic E-state index is 13.0. The van der Waals surface area contributed by atoms with Crippen molar-refractivity contribution < 1.29 is 24.2 Å². The minimum atomic E-state index is -0.921. The number of hydrogen-bond acceptors (Lipinski definition) is 4. The van der Waals surface area contributed by atoms with Crippen molar-refractivity contribution in [2.24, 2.45) is 5.92 Å². The third-order valence-corrected chi connectivity index (χ3v) is 5.58. The summed E-state index contributed by atoms with van der Waals surface area (Å²) in [7, 11) is 0. The highest BCUT2D eigenvalue weighted by atomic mass is 16.5. The Morgan fingerprint density at radius 1 is 1.07 bits per heavy atom. The third kappa shape index (κ3) is 3.55. The Balaban J connectivity index is 1.55. The molecule has 0 saturated carbocycles. The van der Waals surface area contributed by atoms with Crippen LogP contribution in [0.3, 0.4) is 0 Å². The SMILES string of the molecule is CC1Oc2ccccc2N(CC(=O)N2CC(C(=O)O)C(c3ccccc3)C2)C1=O. The highest BCUT2D eigenvalue weighted by Crippen LogP contribution is 2.35. The number of likely N-dealkylation sites (tertiary alicyclic amines) is 1. The molecule has 1 saturated heterocycles. The first kappa shape index (κ1) is 19.0. The lowest BCUT2D eigenvalue weighted by Gasteiger charge is -2.33. The van der Waals surface area contributed by atoms with Gasteiger partial charge in [-0.1, -0.05) is 42.5 Å². The van der Waals surface area contributed by atoms with Gasteiger partial charge < -0.3 is 14.7 Å². The molecule has 2 amide bonds. The molecule has 29 heavy (non-hydrogen) atoms. The van der Waals surface area contributed by atoms with E-state index in [0.717, 1.165) is 5.56 Å². The van der Waals surface area contributed by atoms with Crippen LogP contribution in [0.25, 0.3) is 0 Å². The van der Waals surface area contributed by atoms with E-state index in [4.69, 9.17) is 4.74 Å². The summed E-state index contributed by atoms with van der Waals surface area (Å²) in [6, 6.07) is 16.5. The van der Waals surface area contributed by atoms with Gasteiger partial charge in [0.25, 0.3) is 5.91 Å². The zero-order chi connectivity index (χ0) is 20.5. The summed E-state index contributed by atoms with van der Waals surface area (Å²) in [5.74, 6) is -1.87. The summed E-state index contributed by atoms with van der Waals surface area (Å²) in [4.78, 5) is 40.4. The van der Waals surface area contributed by atoms with Crippen LogP contribution in [0.5, 0.6) is 5.75 Å². The lowest BCUT2D eigenvalue weighted by Crippen LogP contribution is -2.49. The standard InChI is InChI=1S/C22H22N2O5/c1-14-21(26)24(18-9-5-6-10-19(18)29-14)13-20(25)23-11-16(17(12-23)22(27)28)15-7-3-2-4-8-15/h2-10,14,16-17H,11-13H2,1H3,(H,27,28). The number of carboxylic acids is 1. The van der Waals surface area contributed by atoms with E-state index in [-0.39, 0.29) is 30.8 Å². The van der Waals surface area contributed by atoms with Gasteiger partial charge in [0.2, 0.25) is 5.91 Å². The number of ether oxygens (including phenoxy) is 1. The summed E-state index contributed by atoms with van der Waals surface area (Å²) in [5, 5.41) is 9.65. The predicted molar refractivity (Wildman–Crippen MR) is 106 cm³/mol. The number of amides is 2. The second kappa shape index (κ2) is 7.58. The second-order valence-corrected chi connectivity index (χ2v) is 7.41. The van der Waals surface area contributed by atoms with E-state index >= 15 is 0 Å². The van der Waals surface area contributed by atoms with Crippen LogP contribution in [0, 0.1) is 5.92 Å². The number of aliphatic carboxylic acids is 1. The van der Waals surface area contributed by atoms with E-state index in [1.165, 1.54) is 4.90 Å². The smallest absolute Gasteiger partial charge is 0.308 e. The lowest BCUT2D eigenvalue weighted by atomic mass is 9.89. The van der Waals surface area contributed by atoms with Gasteiger partial charge in [-0.3, -0.25) is 19.3 Å². The van der Waals surface area contributed by atoms with Gasteiger partial charge in [0.05, 0.1) is 11.6 Å². The van der Waals surface area contributed by atoms with Crippen LogP contribution in [0.1, 0.15) is 18.4 Å². The van der Waals surface area contributed by atoms with Gasteiger partial charge in [-0.15, -0.1) is 0 Å². The molecule has 2 heterocycles. The fourth-order valence-electron chi connectivity index (χ4n) is 4.05. The maximum Gasteiger partial charge on any atom is 0.308 e. The molecule has 7 nitrogen and oxygen atoms in total. The molecular formula is C22H22N2O5. The molecule has 0 spiro atoms. The average molecular weight is 394 g/mol. The first-order chi connectivity index (χ1) is 14.0. The number of carbonyl (C=O) groups is 3. The summed E-state index contributed by atoms with van der Waals surface area (Å²) in [5.41, 5.74) is 1.45. The topological polar surface area (TPSA) is 87.2 Å². The van der Waals surface area contributed by atoms with Gasteiger partial charge in [0.1, 0.15) is 12.3 Å². The molecule has 3 unspecified atom stereocenters. The van der Waals surface area contributed by atoms with E-state index in [9.17, 15) is 19.5 Å². The molecule has 2 aromatic rings. The monoisotopic (exact) mass is 394 g/mol. The average Bonchev–Trinajstić information content (AvgIpc) is 3.18. The van der Waals surface area contributed by atoms with E-state index in [0.29, 0.717) is 18.0 Å². The number of hydrogen-bond donors (Lipinski definition) is 1. The summed E-state index contributed by atoms with van der Waals surface area (Å²) < 4.78 is 5.61. The zero-order valence-corrected chi connectivity index (χ0v) is 16.0. The van der Waals surface area contributed by atoms with Gasteiger partial charge >= 0.3 is 5.97 Å². The van der Waals surface area contributed by atoms with Crippen molar-refractivity contribution in [3.05, 3.63) is 60.2 Å². The lowest BCUT2D eigenvalue weighted by molar-refractivity contribution is -0.142. The van der Waals surface area contributed by atoms with Crippen LogP contribution in [-0.4, -0.2) is 53.5 Å². The number of anilines is 1. The van der Waals surface area contributed by atoms with Crippen LogP contribution >= 0.6 is 0 Å². The normalized spacial score (nSPS) is 23.5. The van der Waals surface area contributed by atoms with Gasteiger partial charge in [-0.05, 0) is 24.6 Å². The highest BCUT2D eigenvalue weighted by molar-refractivity contribution is 6.03. The third-order valence-electron chi connectivity index (χ3n) is 5.58. The van der Waals surface area contributed by atoms with Crippen molar-refractivity contribution in [2.75, 3.05) is 24.5 Å². The molecule has 1 N–H and O–H groups in total. The Hall–Kier alpha value is -3.35. The minimum Gasteiger partial charge on any atom is -0.481 e. The molecule has 0 bridgehead atoms. The molecule has 150 valence electrons. The number of rotatable bonds is 4.